The minimum atomic E-state index is -0.649. The molecule has 3 amide bonds. The van der Waals surface area contributed by atoms with Gasteiger partial charge in [0.1, 0.15) is 6.04 Å². The summed E-state index contributed by atoms with van der Waals surface area (Å²) in [5, 5.41) is 6.53. The van der Waals surface area contributed by atoms with E-state index >= 15 is 0 Å². The number of nitrogens with zero attached hydrogens (tertiary/aromatic N) is 2. The maximum absolute atomic E-state index is 13.4. The molecule has 0 radical (unpaired) electrons. The van der Waals surface area contributed by atoms with Crippen LogP contribution >= 0.6 is 22.7 Å². The molecular weight excluding hydrogens is 448 g/mol. The lowest BCUT2D eigenvalue weighted by atomic mass is 10.1. The maximum Gasteiger partial charge on any atom is 0.264 e. The Hall–Kier alpha value is -2.27. The highest BCUT2D eigenvalue weighted by atomic mass is 32.1. The summed E-state index contributed by atoms with van der Waals surface area (Å²) in [5.74, 6) is -0.494. The molecular formula is C22H28N4O4S2. The second-order valence-corrected chi connectivity index (χ2v) is 9.89. The molecule has 4 heterocycles. The van der Waals surface area contributed by atoms with E-state index in [-0.39, 0.29) is 29.9 Å². The molecule has 32 heavy (non-hydrogen) atoms. The van der Waals surface area contributed by atoms with Gasteiger partial charge in [0.15, 0.2) is 0 Å². The van der Waals surface area contributed by atoms with Crippen LogP contribution in [0.2, 0.25) is 0 Å². The number of carbonyl (C=O) groups is 3. The Morgan fingerprint density at radius 2 is 1.94 bits per heavy atom. The van der Waals surface area contributed by atoms with Gasteiger partial charge in [-0.15, -0.1) is 22.7 Å². The summed E-state index contributed by atoms with van der Waals surface area (Å²) in [6.07, 6.45) is 2.24. The highest BCUT2D eigenvalue weighted by molar-refractivity contribution is 7.12. The van der Waals surface area contributed by atoms with Gasteiger partial charge in [0.25, 0.3) is 11.8 Å². The molecule has 2 aliphatic heterocycles. The summed E-state index contributed by atoms with van der Waals surface area (Å²) in [5.41, 5.74) is 5.55. The number of rotatable bonds is 8. The molecule has 2 fully saturated rings. The van der Waals surface area contributed by atoms with Crippen molar-refractivity contribution in [1.82, 2.24) is 15.1 Å². The van der Waals surface area contributed by atoms with Crippen molar-refractivity contribution in [3.63, 3.8) is 0 Å². The monoisotopic (exact) mass is 476 g/mol. The number of carbonyl (C=O) groups excluding carboxylic acids is 3. The Bertz CT molecular complexity index is 913. The van der Waals surface area contributed by atoms with Crippen molar-refractivity contribution in [3.05, 3.63) is 44.8 Å². The first kappa shape index (κ1) is 22.9. The number of nitrogens with two attached hydrogens (primary N) is 1. The zero-order chi connectivity index (χ0) is 22.5. The Morgan fingerprint density at radius 3 is 2.56 bits per heavy atom. The van der Waals surface area contributed by atoms with Crippen LogP contribution in [0, 0.1) is 0 Å². The first-order valence-corrected chi connectivity index (χ1v) is 12.6. The molecule has 4 rings (SSSR count). The third-order valence-electron chi connectivity index (χ3n) is 5.88. The topological polar surface area (TPSA) is 105 Å². The highest BCUT2D eigenvalue weighted by Gasteiger charge is 2.44. The van der Waals surface area contributed by atoms with E-state index in [0.29, 0.717) is 49.0 Å². The van der Waals surface area contributed by atoms with Crippen LogP contribution in [0.1, 0.15) is 38.6 Å². The molecule has 0 aromatic carbocycles. The molecule has 3 atom stereocenters. The fourth-order valence-electron chi connectivity index (χ4n) is 4.31. The minimum Gasteiger partial charge on any atom is -0.376 e. The summed E-state index contributed by atoms with van der Waals surface area (Å²) in [4.78, 5) is 44.2. The summed E-state index contributed by atoms with van der Waals surface area (Å²) in [7, 11) is 0. The fraction of sp³-hybridized carbons (Fsp3) is 0.500. The van der Waals surface area contributed by atoms with Gasteiger partial charge in [-0.05, 0) is 42.2 Å². The van der Waals surface area contributed by atoms with E-state index in [2.05, 4.69) is 5.32 Å². The molecule has 0 spiro atoms. The number of hydrogen-bond donors (Lipinski definition) is 2. The van der Waals surface area contributed by atoms with Gasteiger partial charge in [-0.25, -0.2) is 0 Å². The predicted octanol–water partition coefficient (Wildman–Crippen LogP) is 1.79. The van der Waals surface area contributed by atoms with Crippen LogP contribution in [0.15, 0.2) is 35.0 Å². The lowest BCUT2D eigenvalue weighted by molar-refractivity contribution is -0.124. The maximum atomic E-state index is 13.4. The van der Waals surface area contributed by atoms with E-state index in [0.717, 1.165) is 12.8 Å². The molecule has 3 unspecified atom stereocenters. The molecule has 0 bridgehead atoms. The lowest BCUT2D eigenvalue weighted by Gasteiger charge is -2.30. The van der Waals surface area contributed by atoms with E-state index in [1.54, 1.807) is 11.0 Å². The van der Waals surface area contributed by atoms with E-state index in [9.17, 15) is 14.4 Å². The van der Waals surface area contributed by atoms with E-state index in [1.807, 2.05) is 33.9 Å². The number of nitrogens with one attached hydrogen (secondary N) is 1. The van der Waals surface area contributed by atoms with Crippen molar-refractivity contribution in [2.24, 2.45) is 5.73 Å². The van der Waals surface area contributed by atoms with Gasteiger partial charge in [0.05, 0.1) is 21.9 Å². The zero-order valence-corrected chi connectivity index (χ0v) is 19.4. The molecule has 8 nitrogen and oxygen atoms in total. The van der Waals surface area contributed by atoms with Crippen molar-refractivity contribution in [2.75, 3.05) is 32.8 Å². The number of hydrogen-bond acceptors (Lipinski definition) is 7. The van der Waals surface area contributed by atoms with Gasteiger partial charge >= 0.3 is 0 Å². The summed E-state index contributed by atoms with van der Waals surface area (Å²) in [6.45, 7) is 2.13. The van der Waals surface area contributed by atoms with Crippen LogP contribution in [-0.2, 0) is 9.53 Å². The number of amides is 3. The molecule has 3 N–H and O–H groups in total. The number of likely N-dealkylation sites (tertiary alicyclic amines) is 1. The molecule has 2 aromatic rings. The largest absolute Gasteiger partial charge is 0.376 e. The van der Waals surface area contributed by atoms with Crippen molar-refractivity contribution >= 4 is 40.4 Å². The quantitative estimate of drug-likeness (QED) is 0.604. The van der Waals surface area contributed by atoms with Gasteiger partial charge in [0.2, 0.25) is 5.91 Å². The second kappa shape index (κ2) is 10.6. The molecule has 2 aliphatic rings. The van der Waals surface area contributed by atoms with E-state index < -0.39 is 6.04 Å². The molecule has 2 saturated heterocycles. The van der Waals surface area contributed by atoms with Gasteiger partial charge < -0.3 is 25.6 Å². The SMILES string of the molecule is NCCNC(=O)C1CC(N(CC2CCCO2)C(=O)c2cccs2)CN1C(=O)c1cccs1. The number of thiophene rings is 2. The normalized spacial score (nSPS) is 22.8. The van der Waals surface area contributed by atoms with Crippen LogP contribution in [-0.4, -0.2) is 78.5 Å². The number of ether oxygens (including phenoxy) is 1. The van der Waals surface area contributed by atoms with Crippen molar-refractivity contribution < 1.29 is 19.1 Å². The van der Waals surface area contributed by atoms with Crippen LogP contribution in [0.4, 0.5) is 0 Å². The Kier molecular flexibility index (Phi) is 7.56. The Balaban J connectivity index is 1.59. The Morgan fingerprint density at radius 1 is 1.19 bits per heavy atom. The summed E-state index contributed by atoms with van der Waals surface area (Å²) < 4.78 is 5.81. The average Bonchev–Trinajstić information content (AvgIpc) is 3.61. The third-order valence-corrected chi connectivity index (χ3v) is 7.59. The van der Waals surface area contributed by atoms with Crippen LogP contribution in [0.5, 0.6) is 0 Å². The molecule has 172 valence electrons. The zero-order valence-electron chi connectivity index (χ0n) is 17.8. The standard InChI is InChI=1S/C22H28N4O4S2/c23-7-8-24-20(27)17-12-15(13-26(17)22(29)19-6-3-11-32-19)25(14-16-4-1-9-30-16)21(28)18-5-2-10-31-18/h2-3,5-6,10-11,15-17H,1,4,7-9,12-14,23H2,(H,24,27). The van der Waals surface area contributed by atoms with Gasteiger partial charge in [0, 0.05) is 32.8 Å². The van der Waals surface area contributed by atoms with E-state index in [4.69, 9.17) is 10.5 Å². The summed E-state index contributed by atoms with van der Waals surface area (Å²) in [6, 6.07) is 6.32. The highest BCUT2D eigenvalue weighted by Crippen LogP contribution is 2.29. The smallest absolute Gasteiger partial charge is 0.264 e. The van der Waals surface area contributed by atoms with E-state index in [1.165, 1.54) is 22.7 Å². The van der Waals surface area contributed by atoms with Gasteiger partial charge in [-0.3, -0.25) is 14.4 Å². The summed E-state index contributed by atoms with van der Waals surface area (Å²) >= 11 is 2.74. The van der Waals surface area contributed by atoms with Crippen molar-refractivity contribution in [1.29, 1.82) is 0 Å². The first-order chi connectivity index (χ1) is 15.6. The second-order valence-electron chi connectivity index (χ2n) is 7.99. The van der Waals surface area contributed by atoms with Gasteiger partial charge in [-0.2, -0.15) is 0 Å². The van der Waals surface area contributed by atoms with Crippen molar-refractivity contribution in [2.45, 2.75) is 37.5 Å². The minimum absolute atomic E-state index is 0.0227. The van der Waals surface area contributed by atoms with Crippen LogP contribution in [0.3, 0.4) is 0 Å². The fourth-order valence-corrected chi connectivity index (χ4v) is 5.67. The average molecular weight is 477 g/mol. The van der Waals surface area contributed by atoms with Crippen molar-refractivity contribution in [3.8, 4) is 0 Å². The third kappa shape index (κ3) is 5.03. The Labute approximate surface area is 195 Å². The predicted molar refractivity (Wildman–Crippen MR) is 124 cm³/mol. The molecule has 2 aromatic heterocycles. The molecule has 0 aliphatic carbocycles. The van der Waals surface area contributed by atoms with Gasteiger partial charge in [-0.1, -0.05) is 12.1 Å². The molecule has 10 heteroatoms. The molecule has 0 saturated carbocycles. The van der Waals surface area contributed by atoms with Crippen LogP contribution < -0.4 is 11.1 Å². The van der Waals surface area contributed by atoms with Crippen LogP contribution in [0.25, 0.3) is 0 Å². The first-order valence-electron chi connectivity index (χ1n) is 10.9. The lowest BCUT2D eigenvalue weighted by Crippen LogP contribution is -2.47.